The predicted octanol–water partition coefficient (Wildman–Crippen LogP) is 1.99. The van der Waals surface area contributed by atoms with Gasteiger partial charge >= 0.3 is 6.03 Å². The fraction of sp³-hybridized carbons (Fsp3) is 0.619. The van der Waals surface area contributed by atoms with Gasteiger partial charge in [-0.3, -0.25) is 4.79 Å². The Kier molecular flexibility index (Phi) is 7.73. The normalized spacial score (nSPS) is 19.0. The summed E-state index contributed by atoms with van der Waals surface area (Å²) >= 11 is 0. The van der Waals surface area contributed by atoms with E-state index in [-0.39, 0.29) is 29.3 Å². The number of nitrogens with zero attached hydrogens (tertiary/aromatic N) is 1. The number of benzene rings is 1. The van der Waals surface area contributed by atoms with Crippen LogP contribution >= 0.6 is 0 Å². The van der Waals surface area contributed by atoms with Crippen molar-refractivity contribution >= 4 is 11.9 Å². The van der Waals surface area contributed by atoms with E-state index in [1.54, 1.807) is 32.3 Å². The summed E-state index contributed by atoms with van der Waals surface area (Å²) in [6.07, 6.45) is 0. The lowest BCUT2D eigenvalue weighted by molar-refractivity contribution is -0.125. The minimum absolute atomic E-state index is 0.101. The highest BCUT2D eigenvalue weighted by atomic mass is 16.5. The molecule has 0 saturated carbocycles. The van der Waals surface area contributed by atoms with Gasteiger partial charge in [0.25, 0.3) is 0 Å². The van der Waals surface area contributed by atoms with Gasteiger partial charge < -0.3 is 29.7 Å². The zero-order valence-corrected chi connectivity index (χ0v) is 18.2. The molecule has 162 valence electrons. The Morgan fingerprint density at radius 1 is 1.14 bits per heavy atom. The van der Waals surface area contributed by atoms with Crippen LogP contribution in [-0.4, -0.2) is 69.9 Å². The van der Waals surface area contributed by atoms with Crippen molar-refractivity contribution in [3.8, 4) is 11.5 Å². The zero-order chi connectivity index (χ0) is 21.6. The van der Waals surface area contributed by atoms with Crippen LogP contribution in [0.15, 0.2) is 18.2 Å². The average Bonchev–Trinajstić information content (AvgIpc) is 3.11. The summed E-state index contributed by atoms with van der Waals surface area (Å²) < 4.78 is 15.9. The summed E-state index contributed by atoms with van der Waals surface area (Å²) in [6, 6.07) is 5.37. The van der Waals surface area contributed by atoms with E-state index in [0.717, 1.165) is 5.56 Å². The van der Waals surface area contributed by atoms with E-state index in [1.165, 1.54) is 0 Å². The van der Waals surface area contributed by atoms with E-state index in [2.05, 4.69) is 10.6 Å². The van der Waals surface area contributed by atoms with Crippen LogP contribution in [0.5, 0.6) is 11.5 Å². The number of likely N-dealkylation sites (tertiary alicyclic amines) is 1. The third kappa shape index (κ3) is 6.00. The number of carbonyl (C=O) groups is 2. The molecule has 29 heavy (non-hydrogen) atoms. The van der Waals surface area contributed by atoms with Crippen molar-refractivity contribution in [3.05, 3.63) is 23.8 Å². The van der Waals surface area contributed by atoms with Crippen LogP contribution in [0.2, 0.25) is 0 Å². The molecule has 8 heteroatoms. The Morgan fingerprint density at radius 3 is 2.45 bits per heavy atom. The minimum atomic E-state index is -0.389. The molecule has 2 unspecified atom stereocenters. The lowest BCUT2D eigenvalue weighted by Gasteiger charge is -2.25. The third-order valence-corrected chi connectivity index (χ3v) is 4.87. The molecule has 1 saturated heterocycles. The van der Waals surface area contributed by atoms with Gasteiger partial charge in [-0.2, -0.15) is 0 Å². The third-order valence-electron chi connectivity index (χ3n) is 4.87. The van der Waals surface area contributed by atoms with Crippen LogP contribution in [0, 0.1) is 5.92 Å². The number of hydrogen-bond acceptors (Lipinski definition) is 5. The van der Waals surface area contributed by atoms with E-state index in [0.29, 0.717) is 37.7 Å². The predicted molar refractivity (Wildman–Crippen MR) is 111 cm³/mol. The summed E-state index contributed by atoms with van der Waals surface area (Å²) in [7, 11) is 4.77. The number of rotatable bonds is 7. The monoisotopic (exact) mass is 407 g/mol. The molecular formula is C21H33N3O5. The minimum Gasteiger partial charge on any atom is -0.497 e. The lowest BCUT2D eigenvalue weighted by Crippen LogP contribution is -2.48. The van der Waals surface area contributed by atoms with Crippen molar-refractivity contribution < 1.29 is 23.8 Å². The summed E-state index contributed by atoms with van der Waals surface area (Å²) in [6.45, 7) is 7.41. The summed E-state index contributed by atoms with van der Waals surface area (Å²) in [5.74, 6) is 0.633. The first kappa shape index (κ1) is 22.8. The van der Waals surface area contributed by atoms with Gasteiger partial charge in [0.05, 0.1) is 26.7 Å². The number of hydrogen-bond donors (Lipinski definition) is 2. The van der Waals surface area contributed by atoms with E-state index in [4.69, 9.17) is 14.2 Å². The van der Waals surface area contributed by atoms with E-state index < -0.39 is 0 Å². The van der Waals surface area contributed by atoms with Crippen LogP contribution < -0.4 is 20.1 Å². The van der Waals surface area contributed by atoms with Gasteiger partial charge in [0.1, 0.15) is 11.5 Å². The number of nitrogens with one attached hydrogen (secondary N) is 2. The topological polar surface area (TPSA) is 89.1 Å². The molecule has 2 N–H and O–H groups in total. The van der Waals surface area contributed by atoms with Crippen molar-refractivity contribution in [1.29, 1.82) is 0 Å². The molecule has 1 aliphatic rings. The van der Waals surface area contributed by atoms with Crippen molar-refractivity contribution in [2.24, 2.45) is 5.92 Å². The fourth-order valence-corrected chi connectivity index (χ4v) is 3.48. The zero-order valence-electron chi connectivity index (χ0n) is 18.2. The highest BCUT2D eigenvalue weighted by molar-refractivity contribution is 5.83. The number of urea groups is 1. The largest absolute Gasteiger partial charge is 0.497 e. The van der Waals surface area contributed by atoms with Gasteiger partial charge in [0.2, 0.25) is 5.91 Å². The first-order valence-corrected chi connectivity index (χ1v) is 9.75. The molecule has 0 aromatic heterocycles. The maximum atomic E-state index is 12.9. The standard InChI is InChI=1S/C21H33N3O5/c1-21(2,3)23-20(26)24-12-16(17(13-24)19(25)22-9-10-27-4)15-8-7-14(28-5)11-18(15)29-6/h7-8,11,16-17H,9-10,12-13H2,1-6H3,(H,22,25)(H,23,26). The molecule has 0 bridgehead atoms. The second-order valence-electron chi connectivity index (χ2n) is 8.19. The molecule has 3 amide bonds. The van der Waals surface area contributed by atoms with Gasteiger partial charge in [0.15, 0.2) is 0 Å². The Hall–Kier alpha value is -2.48. The summed E-state index contributed by atoms with van der Waals surface area (Å²) in [5.41, 5.74) is 0.523. The first-order chi connectivity index (χ1) is 13.7. The molecule has 1 aromatic carbocycles. The van der Waals surface area contributed by atoms with Crippen LogP contribution in [-0.2, 0) is 9.53 Å². The van der Waals surface area contributed by atoms with E-state index in [1.807, 2.05) is 32.9 Å². The summed E-state index contributed by atoms with van der Waals surface area (Å²) in [5, 5.41) is 5.88. The quantitative estimate of drug-likeness (QED) is 0.675. The van der Waals surface area contributed by atoms with Crippen LogP contribution in [0.1, 0.15) is 32.3 Å². The second-order valence-corrected chi connectivity index (χ2v) is 8.19. The molecule has 2 atom stereocenters. The van der Waals surface area contributed by atoms with Crippen LogP contribution in [0.4, 0.5) is 4.79 Å². The number of amides is 3. The molecule has 1 fully saturated rings. The maximum Gasteiger partial charge on any atom is 0.317 e. The van der Waals surface area contributed by atoms with Gasteiger partial charge in [-0.05, 0) is 26.8 Å². The molecule has 0 radical (unpaired) electrons. The molecule has 0 spiro atoms. The highest BCUT2D eigenvalue weighted by Gasteiger charge is 2.42. The molecule has 1 heterocycles. The van der Waals surface area contributed by atoms with Crippen LogP contribution in [0.3, 0.4) is 0 Å². The first-order valence-electron chi connectivity index (χ1n) is 9.75. The Bertz CT molecular complexity index is 717. The smallest absolute Gasteiger partial charge is 0.317 e. The number of carbonyl (C=O) groups excluding carboxylic acids is 2. The molecule has 0 aliphatic carbocycles. The second kappa shape index (κ2) is 9.82. The highest BCUT2D eigenvalue weighted by Crippen LogP contribution is 2.39. The van der Waals surface area contributed by atoms with Crippen molar-refractivity contribution in [1.82, 2.24) is 15.5 Å². The van der Waals surface area contributed by atoms with E-state index >= 15 is 0 Å². The fourth-order valence-electron chi connectivity index (χ4n) is 3.48. The lowest BCUT2D eigenvalue weighted by atomic mass is 9.87. The number of ether oxygens (including phenoxy) is 3. The van der Waals surface area contributed by atoms with Crippen LogP contribution in [0.25, 0.3) is 0 Å². The average molecular weight is 408 g/mol. The van der Waals surface area contributed by atoms with Crippen molar-refractivity contribution in [2.45, 2.75) is 32.2 Å². The van der Waals surface area contributed by atoms with Gasteiger partial charge in [0, 0.05) is 49.8 Å². The number of methoxy groups -OCH3 is 3. The Morgan fingerprint density at radius 2 is 1.86 bits per heavy atom. The van der Waals surface area contributed by atoms with Crippen molar-refractivity contribution in [2.75, 3.05) is 47.6 Å². The molecular weight excluding hydrogens is 374 g/mol. The SMILES string of the molecule is COCCNC(=O)C1CN(C(=O)NC(C)(C)C)CC1c1ccc(OC)cc1OC. The van der Waals surface area contributed by atoms with E-state index in [9.17, 15) is 9.59 Å². The molecule has 1 aliphatic heterocycles. The molecule has 1 aromatic rings. The van der Waals surface area contributed by atoms with Gasteiger partial charge in [-0.25, -0.2) is 4.79 Å². The molecule has 2 rings (SSSR count). The van der Waals surface area contributed by atoms with Gasteiger partial charge in [-0.1, -0.05) is 6.07 Å². The summed E-state index contributed by atoms with van der Waals surface area (Å²) in [4.78, 5) is 27.3. The molecule has 8 nitrogen and oxygen atoms in total. The van der Waals surface area contributed by atoms with Gasteiger partial charge in [-0.15, -0.1) is 0 Å². The Labute approximate surface area is 172 Å². The maximum absolute atomic E-state index is 12.9. The Balaban J connectivity index is 2.30. The van der Waals surface area contributed by atoms with Crippen molar-refractivity contribution in [3.63, 3.8) is 0 Å².